The van der Waals surface area contributed by atoms with Crippen LogP contribution in [0.1, 0.15) is 17.3 Å². The molecule has 0 saturated carbocycles. The number of nitrogens with two attached hydrogens (primary N) is 1. The Morgan fingerprint density at radius 1 is 1.59 bits per heavy atom. The highest BCUT2D eigenvalue weighted by Crippen LogP contribution is 2.25. The van der Waals surface area contributed by atoms with E-state index in [2.05, 4.69) is 28.4 Å². The molecule has 5 heteroatoms. The van der Waals surface area contributed by atoms with Crippen LogP contribution in [-0.2, 0) is 0 Å². The number of nitrogens with zero attached hydrogens (tertiary/aromatic N) is 2. The minimum atomic E-state index is 0.154. The number of rotatable bonds is 3. The van der Waals surface area contributed by atoms with Crippen LogP contribution in [0.3, 0.4) is 0 Å². The van der Waals surface area contributed by atoms with Gasteiger partial charge in [-0.15, -0.1) is 0 Å². The van der Waals surface area contributed by atoms with Gasteiger partial charge in [0.25, 0.3) is 0 Å². The Kier molecular flexibility index (Phi) is 4.39. The molecule has 2 atom stereocenters. The number of aromatic nitrogens is 1. The second kappa shape index (κ2) is 5.82. The number of pyridine rings is 1. The monoisotopic (exact) mass is 252 g/mol. The predicted molar refractivity (Wildman–Crippen MR) is 72.8 cm³/mol. The van der Waals surface area contributed by atoms with E-state index in [-0.39, 0.29) is 6.04 Å². The summed E-state index contributed by atoms with van der Waals surface area (Å²) in [6.07, 6.45) is 1.92. The number of nitrogens with one attached hydrogen (secondary N) is 1. The third-order valence-electron chi connectivity index (χ3n) is 3.30. The lowest BCUT2D eigenvalue weighted by molar-refractivity contribution is 0.216. The fourth-order valence-electron chi connectivity index (χ4n) is 2.15. The molecule has 1 aromatic rings. The van der Waals surface area contributed by atoms with Crippen LogP contribution in [-0.4, -0.2) is 41.0 Å². The number of likely N-dealkylation sites (N-methyl/N-ethyl adjacent to an activating group) is 1. The molecule has 0 amide bonds. The van der Waals surface area contributed by atoms with Crippen LogP contribution in [0.5, 0.6) is 0 Å². The van der Waals surface area contributed by atoms with Crippen LogP contribution in [0, 0.1) is 6.92 Å². The zero-order valence-corrected chi connectivity index (χ0v) is 11.2. The average molecular weight is 252 g/mol. The lowest BCUT2D eigenvalue weighted by atomic mass is 10.0. The van der Waals surface area contributed by atoms with E-state index in [0.29, 0.717) is 6.04 Å². The molecule has 0 radical (unpaired) electrons. The van der Waals surface area contributed by atoms with E-state index in [4.69, 9.17) is 5.84 Å². The molecule has 94 valence electrons. The van der Waals surface area contributed by atoms with Gasteiger partial charge in [-0.2, -0.15) is 11.8 Å². The van der Waals surface area contributed by atoms with E-state index in [0.717, 1.165) is 23.6 Å². The number of hydrazine groups is 1. The fraction of sp³-hybridized carbons (Fsp3) is 0.583. The van der Waals surface area contributed by atoms with Crippen molar-refractivity contribution in [3.63, 3.8) is 0 Å². The number of aryl methyl sites for hydroxylation is 1. The fourth-order valence-corrected chi connectivity index (χ4v) is 3.42. The Morgan fingerprint density at radius 3 is 3.00 bits per heavy atom. The van der Waals surface area contributed by atoms with Gasteiger partial charge in [0.1, 0.15) is 0 Å². The first kappa shape index (κ1) is 12.8. The summed E-state index contributed by atoms with van der Waals surface area (Å²) in [4.78, 5) is 6.72. The Bertz CT molecular complexity index is 354. The van der Waals surface area contributed by atoms with Crippen LogP contribution < -0.4 is 11.3 Å². The zero-order valence-electron chi connectivity index (χ0n) is 10.4. The Balaban J connectivity index is 2.17. The Hall–Kier alpha value is -0.620. The summed E-state index contributed by atoms with van der Waals surface area (Å²) in [6, 6.07) is 4.74. The van der Waals surface area contributed by atoms with Crippen LogP contribution in [0.25, 0.3) is 0 Å². The predicted octanol–water partition coefficient (Wildman–Crippen LogP) is 0.942. The third kappa shape index (κ3) is 2.98. The molecule has 0 aliphatic carbocycles. The first-order chi connectivity index (χ1) is 8.22. The topological polar surface area (TPSA) is 54.2 Å². The molecule has 1 aliphatic heterocycles. The molecule has 2 unspecified atom stereocenters. The molecule has 1 aliphatic rings. The lowest BCUT2D eigenvalue weighted by Gasteiger charge is -2.37. The highest BCUT2D eigenvalue weighted by molar-refractivity contribution is 7.99. The Labute approximate surface area is 107 Å². The van der Waals surface area contributed by atoms with Crippen LogP contribution >= 0.6 is 11.8 Å². The lowest BCUT2D eigenvalue weighted by Crippen LogP contribution is -2.49. The van der Waals surface area contributed by atoms with E-state index < -0.39 is 0 Å². The van der Waals surface area contributed by atoms with Gasteiger partial charge in [0.2, 0.25) is 0 Å². The van der Waals surface area contributed by atoms with Gasteiger partial charge in [-0.1, -0.05) is 6.07 Å². The summed E-state index contributed by atoms with van der Waals surface area (Å²) < 4.78 is 0. The number of hydrogen-bond donors (Lipinski definition) is 2. The van der Waals surface area contributed by atoms with Crippen LogP contribution in [0.4, 0.5) is 0 Å². The Morgan fingerprint density at radius 2 is 2.41 bits per heavy atom. The molecular weight excluding hydrogens is 232 g/mol. The maximum Gasteiger partial charge on any atom is 0.0638 e. The van der Waals surface area contributed by atoms with Gasteiger partial charge >= 0.3 is 0 Å². The summed E-state index contributed by atoms with van der Waals surface area (Å²) >= 11 is 1.99. The summed E-state index contributed by atoms with van der Waals surface area (Å²) in [5.74, 6) is 8.04. The van der Waals surface area contributed by atoms with Gasteiger partial charge in [0.15, 0.2) is 0 Å². The number of hydrogen-bond acceptors (Lipinski definition) is 5. The smallest absolute Gasteiger partial charge is 0.0638 e. The van der Waals surface area contributed by atoms with Gasteiger partial charge < -0.3 is 0 Å². The van der Waals surface area contributed by atoms with E-state index in [1.54, 1.807) is 0 Å². The molecule has 1 fully saturated rings. The standard InChI is InChI=1S/C12H20N4S/c1-9-3-4-10(7-14-9)12(15-13)11-8-17-6-5-16(11)2/h3-4,7,11-12,15H,5-6,8,13H2,1-2H3. The largest absolute Gasteiger partial charge is 0.300 e. The first-order valence-corrected chi connectivity index (χ1v) is 7.04. The van der Waals surface area contributed by atoms with Crippen molar-refractivity contribution >= 4 is 11.8 Å². The highest BCUT2D eigenvalue weighted by Gasteiger charge is 2.28. The summed E-state index contributed by atoms with van der Waals surface area (Å²) in [6.45, 7) is 3.12. The van der Waals surface area contributed by atoms with Crippen molar-refractivity contribution in [2.24, 2.45) is 5.84 Å². The number of thioether (sulfide) groups is 1. The van der Waals surface area contributed by atoms with Crippen molar-refractivity contribution in [2.75, 3.05) is 25.1 Å². The van der Waals surface area contributed by atoms with Crippen molar-refractivity contribution in [1.82, 2.24) is 15.3 Å². The second-order valence-electron chi connectivity index (χ2n) is 4.50. The van der Waals surface area contributed by atoms with E-state index in [1.807, 2.05) is 30.9 Å². The van der Waals surface area contributed by atoms with Crippen molar-refractivity contribution in [3.8, 4) is 0 Å². The molecule has 1 saturated heterocycles. The maximum atomic E-state index is 5.72. The summed E-state index contributed by atoms with van der Waals surface area (Å²) in [7, 11) is 2.16. The van der Waals surface area contributed by atoms with Gasteiger partial charge in [-0.3, -0.25) is 21.2 Å². The molecule has 17 heavy (non-hydrogen) atoms. The zero-order chi connectivity index (χ0) is 12.3. The van der Waals surface area contributed by atoms with Crippen molar-refractivity contribution in [1.29, 1.82) is 0 Å². The molecule has 3 N–H and O–H groups in total. The van der Waals surface area contributed by atoms with Crippen LogP contribution in [0.2, 0.25) is 0 Å². The van der Waals surface area contributed by atoms with Gasteiger partial charge in [0, 0.05) is 36.0 Å². The maximum absolute atomic E-state index is 5.72. The summed E-state index contributed by atoms with van der Waals surface area (Å²) in [5.41, 5.74) is 5.15. The van der Waals surface area contributed by atoms with Gasteiger partial charge in [0.05, 0.1) is 6.04 Å². The molecule has 2 heterocycles. The molecule has 0 bridgehead atoms. The molecular formula is C12H20N4S. The molecule has 2 rings (SSSR count). The van der Waals surface area contributed by atoms with Crippen molar-refractivity contribution in [3.05, 3.63) is 29.6 Å². The minimum absolute atomic E-state index is 0.154. The quantitative estimate of drug-likeness (QED) is 0.619. The SMILES string of the molecule is Cc1ccc(C(NN)C2CSCCN2C)cn1. The third-order valence-corrected chi connectivity index (χ3v) is 4.35. The van der Waals surface area contributed by atoms with E-state index >= 15 is 0 Å². The normalized spacial score (nSPS) is 23.6. The molecule has 0 spiro atoms. The van der Waals surface area contributed by atoms with E-state index in [1.165, 1.54) is 5.75 Å². The summed E-state index contributed by atoms with van der Waals surface area (Å²) in [5, 5.41) is 0. The first-order valence-electron chi connectivity index (χ1n) is 5.89. The average Bonchev–Trinajstić information content (AvgIpc) is 2.35. The van der Waals surface area contributed by atoms with Gasteiger partial charge in [-0.05, 0) is 25.6 Å². The highest BCUT2D eigenvalue weighted by atomic mass is 32.2. The minimum Gasteiger partial charge on any atom is -0.300 e. The van der Waals surface area contributed by atoms with Crippen LogP contribution in [0.15, 0.2) is 18.3 Å². The molecule has 1 aromatic heterocycles. The van der Waals surface area contributed by atoms with E-state index in [9.17, 15) is 0 Å². The second-order valence-corrected chi connectivity index (χ2v) is 5.65. The van der Waals surface area contributed by atoms with Crippen molar-refractivity contribution in [2.45, 2.75) is 19.0 Å². The molecule has 0 aromatic carbocycles. The van der Waals surface area contributed by atoms with Gasteiger partial charge in [-0.25, -0.2) is 0 Å². The van der Waals surface area contributed by atoms with Crippen molar-refractivity contribution < 1.29 is 0 Å². The molecule has 4 nitrogen and oxygen atoms in total.